The average molecular weight is 305 g/mol. The number of piperidine rings is 1. The second kappa shape index (κ2) is 8.39. The lowest BCUT2D eigenvalue weighted by atomic mass is 10.1. The minimum Gasteiger partial charge on any atom is -0.393 e. The highest BCUT2D eigenvalue weighted by molar-refractivity contribution is 7.98. The Morgan fingerprint density at radius 2 is 1.86 bits per heavy atom. The van der Waals surface area contributed by atoms with E-state index in [1.165, 1.54) is 4.90 Å². The molecular weight excluding hydrogens is 282 g/mol. The molecule has 0 saturated carbocycles. The minimum absolute atomic E-state index is 0.207. The molecule has 1 heterocycles. The monoisotopic (exact) mass is 305 g/mol. The van der Waals surface area contributed by atoms with Crippen LogP contribution >= 0.6 is 11.8 Å². The summed E-state index contributed by atoms with van der Waals surface area (Å²) in [6.45, 7) is 1.49. The Morgan fingerprint density at radius 1 is 1.19 bits per heavy atom. The van der Waals surface area contributed by atoms with Gasteiger partial charge in [-0.2, -0.15) is 0 Å². The van der Waals surface area contributed by atoms with E-state index in [0.29, 0.717) is 0 Å². The zero-order valence-electron chi connectivity index (χ0n) is 12.4. The number of nitrogens with zero attached hydrogens (tertiary/aromatic N) is 1. The van der Waals surface area contributed by atoms with E-state index in [9.17, 15) is 10.2 Å². The van der Waals surface area contributed by atoms with E-state index < -0.39 is 6.23 Å². The van der Waals surface area contributed by atoms with Crippen LogP contribution in [0.5, 0.6) is 0 Å². The van der Waals surface area contributed by atoms with Crippen molar-refractivity contribution in [2.24, 2.45) is 0 Å². The molecular formula is C17H23NO2S. The van der Waals surface area contributed by atoms with E-state index in [4.69, 9.17) is 0 Å². The first-order valence-electron chi connectivity index (χ1n) is 7.28. The van der Waals surface area contributed by atoms with Crippen LogP contribution in [-0.4, -0.2) is 46.8 Å². The lowest BCUT2D eigenvalue weighted by Crippen LogP contribution is -2.41. The van der Waals surface area contributed by atoms with Crippen molar-refractivity contribution < 1.29 is 10.2 Å². The molecule has 1 aromatic carbocycles. The Morgan fingerprint density at radius 3 is 2.48 bits per heavy atom. The number of rotatable bonds is 5. The van der Waals surface area contributed by atoms with Gasteiger partial charge in [-0.1, -0.05) is 30.4 Å². The predicted octanol–water partition coefficient (Wildman–Crippen LogP) is 2.75. The van der Waals surface area contributed by atoms with Crippen molar-refractivity contribution >= 4 is 17.8 Å². The van der Waals surface area contributed by atoms with Gasteiger partial charge in [0, 0.05) is 18.0 Å². The van der Waals surface area contributed by atoms with Gasteiger partial charge in [0.2, 0.25) is 0 Å². The molecule has 3 nitrogen and oxygen atoms in total. The summed E-state index contributed by atoms with van der Waals surface area (Å²) in [5, 5.41) is 19.5. The van der Waals surface area contributed by atoms with E-state index in [-0.39, 0.29) is 6.10 Å². The average Bonchev–Trinajstić information content (AvgIpc) is 2.52. The molecule has 0 spiro atoms. The van der Waals surface area contributed by atoms with Gasteiger partial charge >= 0.3 is 0 Å². The fraction of sp³-hybridized carbons (Fsp3) is 0.412. The Hall–Kier alpha value is -1.07. The van der Waals surface area contributed by atoms with Crippen molar-refractivity contribution in [3.05, 3.63) is 48.1 Å². The van der Waals surface area contributed by atoms with Gasteiger partial charge in [-0.3, -0.25) is 4.90 Å². The molecule has 0 bridgehead atoms. The molecule has 114 valence electrons. The summed E-state index contributed by atoms with van der Waals surface area (Å²) < 4.78 is 0. The third-order valence-corrected chi connectivity index (χ3v) is 4.42. The number of aliphatic hydroxyl groups excluding tert-OH is 2. The molecule has 0 aliphatic carbocycles. The molecule has 2 N–H and O–H groups in total. The molecule has 0 amide bonds. The number of hydrogen-bond acceptors (Lipinski definition) is 4. The van der Waals surface area contributed by atoms with E-state index in [0.717, 1.165) is 31.5 Å². The van der Waals surface area contributed by atoms with Crippen molar-refractivity contribution in [1.29, 1.82) is 0 Å². The second-order valence-corrected chi connectivity index (χ2v) is 6.08. The molecule has 0 radical (unpaired) electrons. The van der Waals surface area contributed by atoms with E-state index in [2.05, 4.69) is 30.5 Å². The smallest absolute Gasteiger partial charge is 0.126 e. The summed E-state index contributed by atoms with van der Waals surface area (Å²) in [6.07, 6.45) is 10.4. The quantitative estimate of drug-likeness (QED) is 0.648. The van der Waals surface area contributed by atoms with Crippen LogP contribution in [0.1, 0.15) is 18.4 Å². The van der Waals surface area contributed by atoms with Gasteiger partial charge in [-0.25, -0.2) is 0 Å². The number of hydrogen-bond donors (Lipinski definition) is 2. The van der Waals surface area contributed by atoms with Gasteiger partial charge < -0.3 is 10.2 Å². The molecule has 1 aromatic rings. The van der Waals surface area contributed by atoms with Crippen LogP contribution < -0.4 is 0 Å². The standard InChI is InChI=1S/C17H23NO2S/c1-21-16-8-6-14(7-9-16)4-2-3-5-17(20)18-12-10-15(19)11-13-18/h2-9,15,17,19-20H,10-13H2,1H3/b4-2+,5-3+. The van der Waals surface area contributed by atoms with Gasteiger partial charge in [0.1, 0.15) is 6.23 Å². The van der Waals surface area contributed by atoms with Gasteiger partial charge in [-0.05, 0) is 42.9 Å². The SMILES string of the molecule is CSc1ccc(/C=C/C=C/C(O)N2CCC(O)CC2)cc1. The molecule has 21 heavy (non-hydrogen) atoms. The number of aliphatic hydroxyl groups is 2. The molecule has 1 unspecified atom stereocenters. The number of allylic oxidation sites excluding steroid dienone is 2. The van der Waals surface area contributed by atoms with Crippen LogP contribution in [0.25, 0.3) is 6.08 Å². The van der Waals surface area contributed by atoms with Gasteiger partial charge in [0.05, 0.1) is 6.10 Å². The van der Waals surface area contributed by atoms with Crippen LogP contribution in [0.2, 0.25) is 0 Å². The highest BCUT2D eigenvalue weighted by atomic mass is 32.2. The fourth-order valence-electron chi connectivity index (χ4n) is 2.32. The maximum Gasteiger partial charge on any atom is 0.126 e. The maximum atomic E-state index is 10.0. The number of thioether (sulfide) groups is 1. The van der Waals surface area contributed by atoms with Crippen LogP contribution in [0.4, 0.5) is 0 Å². The normalized spacial score (nSPS) is 19.6. The fourth-order valence-corrected chi connectivity index (χ4v) is 2.73. The third kappa shape index (κ3) is 5.32. The topological polar surface area (TPSA) is 43.7 Å². The summed E-state index contributed by atoms with van der Waals surface area (Å²) in [4.78, 5) is 3.23. The first-order chi connectivity index (χ1) is 10.2. The zero-order chi connectivity index (χ0) is 15.1. The second-order valence-electron chi connectivity index (χ2n) is 5.20. The molecule has 1 saturated heterocycles. The first kappa shape index (κ1) is 16.3. The minimum atomic E-state index is -0.569. The summed E-state index contributed by atoms with van der Waals surface area (Å²) in [7, 11) is 0. The van der Waals surface area contributed by atoms with Crippen molar-refractivity contribution in [3.8, 4) is 0 Å². The molecule has 1 fully saturated rings. The zero-order valence-corrected chi connectivity index (χ0v) is 13.2. The Balaban J connectivity index is 1.81. The molecule has 2 rings (SSSR count). The Labute approximate surface area is 131 Å². The number of benzene rings is 1. The van der Waals surface area contributed by atoms with Crippen molar-refractivity contribution in [2.75, 3.05) is 19.3 Å². The van der Waals surface area contributed by atoms with Crippen LogP contribution in [0, 0.1) is 0 Å². The maximum absolute atomic E-state index is 10.0. The van der Waals surface area contributed by atoms with Crippen molar-refractivity contribution in [3.63, 3.8) is 0 Å². The van der Waals surface area contributed by atoms with E-state index in [1.54, 1.807) is 17.8 Å². The third-order valence-electron chi connectivity index (χ3n) is 3.67. The largest absolute Gasteiger partial charge is 0.393 e. The molecule has 1 aliphatic heterocycles. The summed E-state index contributed by atoms with van der Waals surface area (Å²) >= 11 is 1.73. The Bertz CT molecular complexity index is 476. The van der Waals surface area contributed by atoms with E-state index >= 15 is 0 Å². The molecule has 1 aliphatic rings. The van der Waals surface area contributed by atoms with Crippen LogP contribution in [0.3, 0.4) is 0 Å². The Kier molecular flexibility index (Phi) is 6.51. The predicted molar refractivity (Wildman–Crippen MR) is 89.2 cm³/mol. The molecule has 0 aromatic heterocycles. The van der Waals surface area contributed by atoms with Crippen LogP contribution in [0.15, 0.2) is 47.4 Å². The summed E-state index contributed by atoms with van der Waals surface area (Å²) in [5.41, 5.74) is 1.15. The lowest BCUT2D eigenvalue weighted by molar-refractivity contribution is -0.00523. The summed E-state index contributed by atoms with van der Waals surface area (Å²) in [6, 6.07) is 8.36. The lowest BCUT2D eigenvalue weighted by Gasteiger charge is -2.31. The van der Waals surface area contributed by atoms with Gasteiger partial charge in [0.25, 0.3) is 0 Å². The van der Waals surface area contributed by atoms with Gasteiger partial charge in [0.15, 0.2) is 0 Å². The van der Waals surface area contributed by atoms with Crippen LogP contribution in [-0.2, 0) is 0 Å². The summed E-state index contributed by atoms with van der Waals surface area (Å²) in [5.74, 6) is 0. The van der Waals surface area contributed by atoms with Crippen molar-refractivity contribution in [2.45, 2.75) is 30.1 Å². The first-order valence-corrected chi connectivity index (χ1v) is 8.50. The van der Waals surface area contributed by atoms with Gasteiger partial charge in [-0.15, -0.1) is 11.8 Å². The van der Waals surface area contributed by atoms with Crippen molar-refractivity contribution in [1.82, 2.24) is 4.90 Å². The highest BCUT2D eigenvalue weighted by Crippen LogP contribution is 2.16. The van der Waals surface area contributed by atoms with E-state index in [1.807, 2.05) is 23.1 Å². The molecule has 1 atom stereocenters. The molecule has 4 heteroatoms. The number of likely N-dealkylation sites (tertiary alicyclic amines) is 1. The highest BCUT2D eigenvalue weighted by Gasteiger charge is 2.20.